The molecule has 0 N–H and O–H groups in total. The maximum atomic E-state index is 6.85. The second kappa shape index (κ2) is 9.33. The first kappa shape index (κ1) is 24.7. The van der Waals surface area contributed by atoms with E-state index in [1.807, 2.05) is 0 Å². The van der Waals surface area contributed by atoms with Gasteiger partial charge in [-0.15, -0.1) is 0 Å². The fourth-order valence-electron chi connectivity index (χ4n) is 5.32. The van der Waals surface area contributed by atoms with Crippen LogP contribution in [0.25, 0.3) is 12.2 Å². The third-order valence-corrected chi connectivity index (χ3v) is 28.0. The normalized spacial score (nSPS) is 14.9. The molecule has 0 aromatic heterocycles. The summed E-state index contributed by atoms with van der Waals surface area (Å²) in [6, 6.07) is 11.8. The van der Waals surface area contributed by atoms with Crippen LogP contribution in [0, 0.1) is 0 Å². The van der Waals surface area contributed by atoms with E-state index in [1.54, 1.807) is 0 Å². The third-order valence-electron chi connectivity index (χ3n) is 6.98. The van der Waals surface area contributed by atoms with Crippen molar-refractivity contribution in [3.8, 4) is 0 Å². The molecule has 2 aliphatic rings. The van der Waals surface area contributed by atoms with E-state index in [4.69, 9.17) is 17.0 Å². The summed E-state index contributed by atoms with van der Waals surface area (Å²) in [7, 11) is 13.7. The molecule has 2 aliphatic carbocycles. The van der Waals surface area contributed by atoms with Gasteiger partial charge in [-0.1, -0.05) is 0 Å². The molecule has 0 fully saturated rings. The molecule has 0 bridgehead atoms. The molecular weight excluding hydrogens is 527 g/mol. The van der Waals surface area contributed by atoms with Gasteiger partial charge in [0, 0.05) is 0 Å². The quantitative estimate of drug-likeness (QED) is 0.325. The average Bonchev–Trinajstić information content (AvgIpc) is 3.35. The average molecular weight is 562 g/mol. The van der Waals surface area contributed by atoms with E-state index >= 15 is 0 Å². The van der Waals surface area contributed by atoms with E-state index in [0.717, 1.165) is 24.9 Å². The summed E-state index contributed by atoms with van der Waals surface area (Å²) in [5.41, 5.74) is 12.2. The molecule has 4 rings (SSSR count). The van der Waals surface area contributed by atoms with Crippen molar-refractivity contribution in [3.05, 3.63) is 80.9 Å². The van der Waals surface area contributed by atoms with Crippen LogP contribution in [-0.4, -0.2) is 5.92 Å². The van der Waals surface area contributed by atoms with Crippen LogP contribution in [0.3, 0.4) is 0 Å². The van der Waals surface area contributed by atoms with Gasteiger partial charge in [0.15, 0.2) is 0 Å². The van der Waals surface area contributed by atoms with E-state index in [9.17, 15) is 0 Å². The number of allylic oxidation sites excluding steroid dienone is 2. The third kappa shape index (κ3) is 5.00. The number of halogens is 2. The zero-order chi connectivity index (χ0) is 23.3. The van der Waals surface area contributed by atoms with Crippen molar-refractivity contribution < 1.29 is 18.5 Å². The molecule has 169 valence electrons. The van der Waals surface area contributed by atoms with E-state index in [0.29, 0.717) is 0 Å². The van der Waals surface area contributed by atoms with Crippen LogP contribution in [-0.2, 0) is 54.3 Å². The SMILES string of the molecule is CC(C)(C)c1ccc(C[SiH](Cc2ccc(C(C)(C)C)c3c2CC=C3)[Zr]([Cl])[Cl])c2c1C=CC2. The maximum absolute atomic E-state index is 6.85. The van der Waals surface area contributed by atoms with Crippen molar-refractivity contribution in [2.24, 2.45) is 0 Å². The predicted molar refractivity (Wildman–Crippen MR) is 142 cm³/mol. The Bertz CT molecular complexity index is 1000. The molecule has 2 aromatic rings. The number of hydrogen-bond acceptors (Lipinski definition) is 0. The molecule has 0 spiro atoms. The fourth-order valence-corrected chi connectivity index (χ4v) is 18.6. The standard InChI is InChI=1S/C28H35Si.2ClH.Zr/c1-27(2,3)25-15-13-19(21-9-7-11-23(21)25)17-29-18-20-14-16-26(28(4,5)6)24-12-8-10-22(20)24;;;/h7-8,11-16,29H,9-10,17-18H2,1-6H3;2*1H;/q;;;+2/p-2. The van der Waals surface area contributed by atoms with Gasteiger partial charge in [0.25, 0.3) is 0 Å². The number of benzene rings is 2. The summed E-state index contributed by atoms with van der Waals surface area (Å²) >= 11 is -2.34. The molecule has 32 heavy (non-hydrogen) atoms. The van der Waals surface area contributed by atoms with Crippen LogP contribution in [0.2, 0.25) is 0 Å². The summed E-state index contributed by atoms with van der Waals surface area (Å²) in [6.45, 7) is 13.9. The minimum absolute atomic E-state index is 0.163. The molecule has 4 heteroatoms. The summed E-state index contributed by atoms with van der Waals surface area (Å²) < 4.78 is 0. The Balaban J connectivity index is 1.64. The van der Waals surface area contributed by atoms with Crippen molar-refractivity contribution in [1.82, 2.24) is 0 Å². The molecule has 0 radical (unpaired) electrons. The zero-order valence-electron chi connectivity index (χ0n) is 20.3. The second-order valence-corrected chi connectivity index (χ2v) is 34.8. The van der Waals surface area contributed by atoms with Crippen LogP contribution in [0.5, 0.6) is 0 Å². The molecule has 0 aliphatic heterocycles. The van der Waals surface area contributed by atoms with Crippen LogP contribution >= 0.6 is 17.0 Å². The Morgan fingerprint density at radius 1 is 0.719 bits per heavy atom. The molecule has 0 unspecified atom stereocenters. The Morgan fingerprint density at radius 3 is 1.47 bits per heavy atom. The van der Waals surface area contributed by atoms with Crippen LogP contribution in [0.1, 0.15) is 86.1 Å². The van der Waals surface area contributed by atoms with Gasteiger partial charge < -0.3 is 0 Å². The monoisotopic (exact) mass is 559 g/mol. The topological polar surface area (TPSA) is 0 Å². The Hall–Kier alpha value is -0.400. The van der Waals surface area contributed by atoms with Gasteiger partial charge in [0.05, 0.1) is 0 Å². The van der Waals surface area contributed by atoms with Crippen LogP contribution in [0.15, 0.2) is 36.4 Å². The molecule has 0 heterocycles. The molecular formula is C28H35Cl2SiZr. The first-order valence-corrected chi connectivity index (χ1v) is 24.6. The van der Waals surface area contributed by atoms with Crippen molar-refractivity contribution in [2.45, 2.75) is 77.3 Å². The first-order valence-electron chi connectivity index (χ1n) is 11.8. The van der Waals surface area contributed by atoms with Gasteiger partial charge in [-0.2, -0.15) is 0 Å². The second-order valence-electron chi connectivity index (χ2n) is 11.4. The van der Waals surface area contributed by atoms with Crippen molar-refractivity contribution in [1.29, 1.82) is 0 Å². The van der Waals surface area contributed by atoms with Crippen LogP contribution in [0.4, 0.5) is 0 Å². The van der Waals surface area contributed by atoms with Gasteiger partial charge >= 0.3 is 212 Å². The van der Waals surface area contributed by atoms with Gasteiger partial charge in [-0.05, 0) is 0 Å². The molecule has 0 saturated carbocycles. The number of hydrogen-bond donors (Lipinski definition) is 0. The zero-order valence-corrected chi connectivity index (χ0v) is 25.4. The fraction of sp³-hybridized carbons (Fsp3) is 0.429. The van der Waals surface area contributed by atoms with E-state index < -0.39 is 24.4 Å². The summed E-state index contributed by atoms with van der Waals surface area (Å²) in [5.74, 6) is -1.27. The van der Waals surface area contributed by atoms with Crippen molar-refractivity contribution in [2.75, 3.05) is 0 Å². The Morgan fingerprint density at radius 2 is 1.12 bits per heavy atom. The molecule has 0 atom stereocenters. The van der Waals surface area contributed by atoms with E-state index in [-0.39, 0.29) is 10.8 Å². The summed E-state index contributed by atoms with van der Waals surface area (Å²) in [6.07, 6.45) is 11.4. The minimum atomic E-state index is -2.34. The predicted octanol–water partition coefficient (Wildman–Crippen LogP) is 7.93. The molecule has 0 saturated heterocycles. The van der Waals surface area contributed by atoms with E-state index in [2.05, 4.69) is 90.1 Å². The van der Waals surface area contributed by atoms with E-state index in [1.165, 1.54) is 44.5 Å². The van der Waals surface area contributed by atoms with Gasteiger partial charge in [0.2, 0.25) is 0 Å². The van der Waals surface area contributed by atoms with Gasteiger partial charge in [-0.3, -0.25) is 0 Å². The molecule has 0 amide bonds. The van der Waals surface area contributed by atoms with Crippen molar-refractivity contribution in [3.63, 3.8) is 0 Å². The number of rotatable bonds is 5. The van der Waals surface area contributed by atoms with Gasteiger partial charge in [-0.25, -0.2) is 0 Å². The van der Waals surface area contributed by atoms with Gasteiger partial charge in [0.1, 0.15) is 0 Å². The first-order chi connectivity index (χ1) is 15.0. The Kier molecular flexibility index (Phi) is 7.21. The molecule has 0 nitrogen and oxygen atoms in total. The molecule has 2 aromatic carbocycles. The van der Waals surface area contributed by atoms with Crippen molar-refractivity contribution >= 4 is 35.1 Å². The Labute approximate surface area is 210 Å². The number of fused-ring (bicyclic) bond motifs is 2. The summed E-state index contributed by atoms with van der Waals surface area (Å²) in [4.78, 5) is 0. The van der Waals surface area contributed by atoms with Crippen LogP contribution < -0.4 is 0 Å². The summed E-state index contributed by atoms with van der Waals surface area (Å²) in [5, 5.41) is 0.